The number of pyridine rings is 1. The molecule has 9 heteroatoms. The highest BCUT2D eigenvalue weighted by atomic mass is 35.5. The molecule has 4 rings (SSSR count). The monoisotopic (exact) mass is 391 g/mol. The van der Waals surface area contributed by atoms with Gasteiger partial charge in [0.05, 0.1) is 33.7 Å². The Labute approximate surface area is 159 Å². The Morgan fingerprint density at radius 2 is 2.15 bits per heavy atom. The molecule has 1 fully saturated rings. The zero-order valence-electron chi connectivity index (χ0n) is 13.5. The lowest BCUT2D eigenvalue weighted by Crippen LogP contribution is -2.40. The zero-order chi connectivity index (χ0) is 18.4. The van der Waals surface area contributed by atoms with Crippen molar-refractivity contribution in [3.63, 3.8) is 0 Å². The number of benzene rings is 1. The summed E-state index contributed by atoms with van der Waals surface area (Å²) in [7, 11) is 0. The van der Waals surface area contributed by atoms with Gasteiger partial charge in [-0.3, -0.25) is 4.79 Å². The SMILES string of the molecule is NC(=O)[C@@H]1C[C@@H](O)CN1c1cc(-n2ccnc2)c2ccc(Cl)c(Cl)c2n1. The minimum absolute atomic E-state index is 0.258. The molecule has 134 valence electrons. The van der Waals surface area contributed by atoms with Gasteiger partial charge >= 0.3 is 0 Å². The smallest absolute Gasteiger partial charge is 0.240 e. The number of amides is 1. The fourth-order valence-electron chi connectivity index (χ4n) is 3.30. The van der Waals surface area contributed by atoms with Crippen LogP contribution in [0.3, 0.4) is 0 Å². The lowest BCUT2D eigenvalue weighted by molar-refractivity contribution is -0.119. The van der Waals surface area contributed by atoms with Gasteiger partial charge < -0.3 is 20.3 Å². The van der Waals surface area contributed by atoms with Crippen LogP contribution < -0.4 is 10.6 Å². The first-order valence-corrected chi connectivity index (χ1v) is 8.72. The number of aromatic nitrogens is 3. The Balaban J connectivity index is 1.96. The molecule has 0 unspecified atom stereocenters. The number of carbonyl (C=O) groups excluding carboxylic acids is 1. The number of β-amino-alcohol motifs (C(OH)–C–C–N with tert-alkyl or cyclic N) is 1. The van der Waals surface area contributed by atoms with Gasteiger partial charge in [0.2, 0.25) is 5.91 Å². The van der Waals surface area contributed by atoms with Crippen LogP contribution in [-0.4, -0.2) is 44.2 Å². The molecule has 7 nitrogen and oxygen atoms in total. The van der Waals surface area contributed by atoms with Crippen molar-refractivity contribution in [2.45, 2.75) is 18.6 Å². The van der Waals surface area contributed by atoms with Crippen LogP contribution >= 0.6 is 23.2 Å². The summed E-state index contributed by atoms with van der Waals surface area (Å²) in [5.74, 6) is -0.0180. The second kappa shape index (κ2) is 6.42. The number of hydrogen-bond acceptors (Lipinski definition) is 5. The van der Waals surface area contributed by atoms with Gasteiger partial charge in [0, 0.05) is 36.8 Å². The van der Waals surface area contributed by atoms with E-state index < -0.39 is 18.1 Å². The van der Waals surface area contributed by atoms with Crippen molar-refractivity contribution < 1.29 is 9.90 Å². The number of imidazole rings is 1. The molecule has 0 saturated carbocycles. The summed E-state index contributed by atoms with van der Waals surface area (Å²) < 4.78 is 1.82. The van der Waals surface area contributed by atoms with Gasteiger partial charge in [0.1, 0.15) is 11.9 Å². The number of carbonyl (C=O) groups is 1. The Morgan fingerprint density at radius 3 is 2.85 bits per heavy atom. The van der Waals surface area contributed by atoms with E-state index in [1.807, 2.05) is 16.7 Å². The minimum atomic E-state index is -0.656. The molecule has 2 aromatic heterocycles. The maximum atomic E-state index is 11.8. The predicted molar refractivity (Wildman–Crippen MR) is 99.8 cm³/mol. The van der Waals surface area contributed by atoms with Gasteiger partial charge in [-0.15, -0.1) is 0 Å². The summed E-state index contributed by atoms with van der Waals surface area (Å²) in [6.45, 7) is 0.258. The number of aliphatic hydroxyl groups excluding tert-OH is 1. The third-order valence-corrected chi connectivity index (χ3v) is 5.32. The van der Waals surface area contributed by atoms with Crippen LogP contribution in [0.2, 0.25) is 10.0 Å². The summed E-state index contributed by atoms with van der Waals surface area (Å²) in [6, 6.07) is 4.73. The number of fused-ring (bicyclic) bond motifs is 1. The van der Waals surface area contributed by atoms with E-state index in [-0.39, 0.29) is 13.0 Å². The molecule has 1 saturated heterocycles. The van der Waals surface area contributed by atoms with Crippen LogP contribution in [0.25, 0.3) is 16.6 Å². The first-order chi connectivity index (χ1) is 12.5. The van der Waals surface area contributed by atoms with Gasteiger partial charge in [-0.05, 0) is 12.1 Å². The van der Waals surface area contributed by atoms with Crippen molar-refractivity contribution >= 4 is 45.8 Å². The van der Waals surface area contributed by atoms with Crippen molar-refractivity contribution in [3.8, 4) is 5.69 Å². The molecule has 26 heavy (non-hydrogen) atoms. The molecule has 3 heterocycles. The van der Waals surface area contributed by atoms with Crippen LogP contribution in [0.4, 0.5) is 5.82 Å². The van der Waals surface area contributed by atoms with E-state index >= 15 is 0 Å². The van der Waals surface area contributed by atoms with E-state index in [1.165, 1.54) is 0 Å². The summed E-state index contributed by atoms with van der Waals surface area (Å²) in [5, 5.41) is 11.5. The maximum Gasteiger partial charge on any atom is 0.240 e. The first kappa shape index (κ1) is 17.1. The van der Waals surface area contributed by atoms with Crippen LogP contribution in [0.1, 0.15) is 6.42 Å². The van der Waals surface area contributed by atoms with Gasteiger partial charge in [-0.2, -0.15) is 0 Å². The third kappa shape index (κ3) is 2.78. The minimum Gasteiger partial charge on any atom is -0.391 e. The summed E-state index contributed by atoms with van der Waals surface area (Å²) in [4.78, 5) is 22.2. The number of halogens is 2. The number of anilines is 1. The number of nitrogens with zero attached hydrogens (tertiary/aromatic N) is 4. The zero-order valence-corrected chi connectivity index (χ0v) is 15.0. The van der Waals surface area contributed by atoms with E-state index in [1.54, 1.807) is 29.7 Å². The summed E-state index contributed by atoms with van der Waals surface area (Å²) >= 11 is 12.5. The third-order valence-electron chi connectivity index (χ3n) is 4.52. The van der Waals surface area contributed by atoms with Gasteiger partial charge in [-0.25, -0.2) is 9.97 Å². The van der Waals surface area contributed by atoms with Crippen molar-refractivity contribution in [1.29, 1.82) is 0 Å². The fraction of sp³-hybridized carbons (Fsp3) is 0.235. The Morgan fingerprint density at radius 1 is 1.35 bits per heavy atom. The standard InChI is InChI=1S/C17H15Cl2N5O2/c18-11-2-1-10-12(23-4-3-21-8-23)6-14(22-16(10)15(11)19)24-7-9(25)5-13(24)17(20)26/h1-4,6,8-9,13,25H,5,7H2,(H2,20,26)/t9-,13+/m1/s1. The van der Waals surface area contributed by atoms with E-state index in [0.29, 0.717) is 21.4 Å². The largest absolute Gasteiger partial charge is 0.391 e. The highest BCUT2D eigenvalue weighted by Gasteiger charge is 2.36. The number of aliphatic hydroxyl groups is 1. The Hall–Kier alpha value is -2.35. The van der Waals surface area contributed by atoms with E-state index in [9.17, 15) is 9.90 Å². The average Bonchev–Trinajstić information content (AvgIpc) is 3.27. The second-order valence-corrected chi connectivity index (χ2v) is 6.97. The van der Waals surface area contributed by atoms with Crippen LogP contribution in [0, 0.1) is 0 Å². The van der Waals surface area contributed by atoms with Gasteiger partial charge in [-0.1, -0.05) is 23.2 Å². The highest BCUT2D eigenvalue weighted by molar-refractivity contribution is 6.45. The second-order valence-electron chi connectivity index (χ2n) is 6.19. The van der Waals surface area contributed by atoms with E-state index in [4.69, 9.17) is 28.9 Å². The molecule has 3 N–H and O–H groups in total. The van der Waals surface area contributed by atoms with E-state index in [0.717, 1.165) is 11.1 Å². The topological polar surface area (TPSA) is 97.3 Å². The van der Waals surface area contributed by atoms with Crippen molar-refractivity contribution in [3.05, 3.63) is 47.0 Å². The molecule has 1 aliphatic rings. The van der Waals surface area contributed by atoms with Crippen LogP contribution in [-0.2, 0) is 4.79 Å². The molecule has 0 spiro atoms. The van der Waals surface area contributed by atoms with E-state index in [2.05, 4.69) is 9.97 Å². The summed E-state index contributed by atoms with van der Waals surface area (Å²) in [5.41, 5.74) is 6.79. The molecular weight excluding hydrogens is 377 g/mol. The van der Waals surface area contributed by atoms with Crippen molar-refractivity contribution in [2.75, 3.05) is 11.4 Å². The number of rotatable bonds is 3. The maximum absolute atomic E-state index is 11.8. The number of nitrogens with two attached hydrogens (primary N) is 1. The molecule has 1 aromatic carbocycles. The Kier molecular flexibility index (Phi) is 4.22. The lowest BCUT2D eigenvalue weighted by Gasteiger charge is -2.24. The fourth-order valence-corrected chi connectivity index (χ4v) is 3.66. The predicted octanol–water partition coefficient (Wildman–Crippen LogP) is 2.15. The molecule has 1 aliphatic heterocycles. The molecule has 1 amide bonds. The van der Waals surface area contributed by atoms with Crippen molar-refractivity contribution in [1.82, 2.24) is 14.5 Å². The van der Waals surface area contributed by atoms with Gasteiger partial charge in [0.15, 0.2) is 0 Å². The van der Waals surface area contributed by atoms with Gasteiger partial charge in [0.25, 0.3) is 0 Å². The van der Waals surface area contributed by atoms with Crippen LogP contribution in [0.5, 0.6) is 0 Å². The quantitative estimate of drug-likeness (QED) is 0.712. The molecule has 0 aliphatic carbocycles. The molecule has 2 atom stereocenters. The Bertz CT molecular complexity index is 992. The first-order valence-electron chi connectivity index (χ1n) is 7.97. The lowest BCUT2D eigenvalue weighted by atomic mass is 10.1. The molecule has 0 bridgehead atoms. The van der Waals surface area contributed by atoms with Crippen LogP contribution in [0.15, 0.2) is 36.9 Å². The van der Waals surface area contributed by atoms with Crippen molar-refractivity contribution in [2.24, 2.45) is 5.73 Å². The average molecular weight is 392 g/mol. The molecular formula is C17H15Cl2N5O2. The summed E-state index contributed by atoms with van der Waals surface area (Å²) in [6.07, 6.45) is 4.72. The molecule has 0 radical (unpaired) electrons. The molecule has 3 aromatic rings. The normalized spacial score (nSPS) is 20.0. The number of primary amides is 1. The highest BCUT2D eigenvalue weighted by Crippen LogP contribution is 2.36. The number of hydrogen-bond donors (Lipinski definition) is 2.